The molecule has 0 saturated heterocycles. The van der Waals surface area contributed by atoms with E-state index in [1.807, 2.05) is 0 Å². The average Bonchev–Trinajstić information content (AvgIpc) is 2.33. The largest absolute Gasteiger partial charge is 0.481 e. The maximum absolute atomic E-state index is 12.9. The number of hydrogen-bond donors (Lipinski definition) is 2. The number of carboxylic acids is 1. The van der Waals surface area contributed by atoms with E-state index in [9.17, 15) is 18.4 Å². The van der Waals surface area contributed by atoms with Gasteiger partial charge in [-0.25, -0.2) is 8.78 Å². The van der Waals surface area contributed by atoms with Crippen molar-refractivity contribution in [1.82, 2.24) is 5.32 Å². The molecule has 0 aliphatic heterocycles. The molecular weight excluding hydrogens is 260 g/mol. The molecule has 0 radical (unpaired) electrons. The van der Waals surface area contributed by atoms with Crippen molar-refractivity contribution in [1.29, 1.82) is 0 Å². The van der Waals surface area contributed by atoms with Crippen molar-refractivity contribution in [3.05, 3.63) is 29.8 Å². The summed E-state index contributed by atoms with van der Waals surface area (Å²) < 4.78 is 30.7. The van der Waals surface area contributed by atoms with Crippen molar-refractivity contribution in [2.24, 2.45) is 0 Å². The Hall–Kier alpha value is -2.18. The zero-order valence-electron chi connectivity index (χ0n) is 10.3. The van der Waals surface area contributed by atoms with Gasteiger partial charge in [0.2, 0.25) is 0 Å². The lowest BCUT2D eigenvalue weighted by Crippen LogP contribution is -2.44. The zero-order valence-corrected chi connectivity index (χ0v) is 10.3. The fraction of sp³-hybridized carbons (Fsp3) is 0.333. The summed E-state index contributed by atoms with van der Waals surface area (Å²) in [5.74, 6) is -3.99. The van der Waals surface area contributed by atoms with Gasteiger partial charge < -0.3 is 15.2 Å². The van der Waals surface area contributed by atoms with Crippen molar-refractivity contribution < 1.29 is 28.2 Å². The molecule has 0 saturated carbocycles. The van der Waals surface area contributed by atoms with E-state index in [0.29, 0.717) is 0 Å². The summed E-state index contributed by atoms with van der Waals surface area (Å²) in [7, 11) is 0. The van der Waals surface area contributed by atoms with Crippen LogP contribution in [0.3, 0.4) is 0 Å². The number of carbonyl (C=O) groups is 2. The molecule has 1 rings (SSSR count). The molecular formula is C12H13F2NO4. The highest BCUT2D eigenvalue weighted by Gasteiger charge is 2.20. The Balaban J connectivity index is 2.63. The highest BCUT2D eigenvalue weighted by Crippen LogP contribution is 2.16. The first kappa shape index (κ1) is 14.9. The van der Waals surface area contributed by atoms with Crippen molar-refractivity contribution >= 4 is 11.9 Å². The molecule has 7 heteroatoms. The van der Waals surface area contributed by atoms with Gasteiger partial charge in [0.05, 0.1) is 0 Å². The van der Waals surface area contributed by atoms with Crippen molar-refractivity contribution in [3.8, 4) is 5.75 Å². The van der Waals surface area contributed by atoms with Crippen LogP contribution in [0, 0.1) is 11.6 Å². The van der Waals surface area contributed by atoms with E-state index in [1.165, 1.54) is 19.9 Å². The van der Waals surface area contributed by atoms with E-state index in [-0.39, 0.29) is 5.75 Å². The van der Waals surface area contributed by atoms with Crippen LogP contribution in [0.25, 0.3) is 0 Å². The van der Waals surface area contributed by atoms with Gasteiger partial charge in [0.15, 0.2) is 17.7 Å². The lowest BCUT2D eigenvalue weighted by molar-refractivity contribution is -0.142. The molecule has 0 heterocycles. The number of amides is 1. The molecule has 0 spiro atoms. The molecule has 0 aliphatic rings. The first-order chi connectivity index (χ1) is 8.81. The topological polar surface area (TPSA) is 75.6 Å². The molecule has 19 heavy (non-hydrogen) atoms. The number of carboxylic acid groups (broad SMARTS) is 1. The van der Waals surface area contributed by atoms with E-state index < -0.39 is 35.7 Å². The van der Waals surface area contributed by atoms with Crippen LogP contribution in [0.5, 0.6) is 5.75 Å². The number of halogens is 2. The SMILES string of the molecule is CC(Oc1ccc(F)c(F)c1)C(=O)N[C@@H](C)C(=O)O. The normalized spacial score (nSPS) is 13.5. The molecule has 2 N–H and O–H groups in total. The molecule has 2 atom stereocenters. The van der Waals surface area contributed by atoms with Crippen LogP contribution >= 0.6 is 0 Å². The van der Waals surface area contributed by atoms with Crippen LogP contribution in [0.2, 0.25) is 0 Å². The molecule has 1 aromatic carbocycles. The third-order valence-electron chi connectivity index (χ3n) is 2.30. The van der Waals surface area contributed by atoms with Gasteiger partial charge in [0.1, 0.15) is 11.8 Å². The van der Waals surface area contributed by atoms with Crippen LogP contribution in [0.4, 0.5) is 8.78 Å². The van der Waals surface area contributed by atoms with Crippen LogP contribution in [-0.4, -0.2) is 29.1 Å². The lowest BCUT2D eigenvalue weighted by Gasteiger charge is -2.16. The monoisotopic (exact) mass is 273 g/mol. The number of rotatable bonds is 5. The molecule has 0 bridgehead atoms. The second-order valence-corrected chi connectivity index (χ2v) is 3.90. The molecule has 1 unspecified atom stereocenters. The zero-order chi connectivity index (χ0) is 14.6. The summed E-state index contributed by atoms with van der Waals surface area (Å²) in [5.41, 5.74) is 0. The van der Waals surface area contributed by atoms with Crippen molar-refractivity contribution in [2.75, 3.05) is 0 Å². The Kier molecular flexibility index (Phi) is 4.80. The maximum Gasteiger partial charge on any atom is 0.325 e. The Morgan fingerprint density at radius 1 is 1.26 bits per heavy atom. The van der Waals surface area contributed by atoms with Gasteiger partial charge in [-0.15, -0.1) is 0 Å². The predicted molar refractivity (Wildman–Crippen MR) is 61.7 cm³/mol. The van der Waals surface area contributed by atoms with Crippen molar-refractivity contribution in [2.45, 2.75) is 26.0 Å². The molecule has 1 amide bonds. The van der Waals surface area contributed by atoms with Gasteiger partial charge >= 0.3 is 5.97 Å². The number of aliphatic carboxylic acids is 1. The van der Waals surface area contributed by atoms with Crippen LogP contribution in [0.1, 0.15) is 13.8 Å². The lowest BCUT2D eigenvalue weighted by atomic mass is 10.3. The summed E-state index contributed by atoms with van der Waals surface area (Å²) >= 11 is 0. The number of ether oxygens (including phenoxy) is 1. The minimum absolute atomic E-state index is 0.0236. The van der Waals surface area contributed by atoms with E-state index in [1.54, 1.807) is 0 Å². The second-order valence-electron chi connectivity index (χ2n) is 3.90. The number of hydrogen-bond acceptors (Lipinski definition) is 3. The van der Waals surface area contributed by atoms with E-state index in [4.69, 9.17) is 9.84 Å². The summed E-state index contributed by atoms with van der Waals surface area (Å²) in [4.78, 5) is 22.1. The van der Waals surface area contributed by atoms with Gasteiger partial charge in [-0.3, -0.25) is 9.59 Å². The Morgan fingerprint density at radius 2 is 1.89 bits per heavy atom. The van der Waals surface area contributed by atoms with E-state index >= 15 is 0 Å². The third-order valence-corrected chi connectivity index (χ3v) is 2.30. The number of benzene rings is 1. The Labute approximate surface area is 108 Å². The van der Waals surface area contributed by atoms with E-state index in [0.717, 1.165) is 12.1 Å². The maximum atomic E-state index is 12.9. The first-order valence-corrected chi connectivity index (χ1v) is 5.46. The molecule has 1 aromatic rings. The fourth-order valence-corrected chi connectivity index (χ4v) is 1.20. The Morgan fingerprint density at radius 3 is 2.42 bits per heavy atom. The summed E-state index contributed by atoms with van der Waals surface area (Å²) in [6, 6.07) is 1.78. The molecule has 104 valence electrons. The van der Waals surface area contributed by atoms with E-state index in [2.05, 4.69) is 5.32 Å². The van der Waals surface area contributed by atoms with Gasteiger partial charge in [-0.05, 0) is 26.0 Å². The number of carbonyl (C=O) groups excluding carboxylic acids is 1. The number of nitrogens with one attached hydrogen (secondary N) is 1. The summed E-state index contributed by atoms with van der Waals surface area (Å²) in [5, 5.41) is 10.8. The van der Waals surface area contributed by atoms with Gasteiger partial charge in [-0.2, -0.15) is 0 Å². The third kappa shape index (κ3) is 4.20. The van der Waals surface area contributed by atoms with Gasteiger partial charge in [0, 0.05) is 6.07 Å². The van der Waals surface area contributed by atoms with Gasteiger partial charge in [-0.1, -0.05) is 0 Å². The first-order valence-electron chi connectivity index (χ1n) is 5.46. The fourth-order valence-electron chi connectivity index (χ4n) is 1.20. The molecule has 5 nitrogen and oxygen atoms in total. The van der Waals surface area contributed by atoms with Crippen LogP contribution in [0.15, 0.2) is 18.2 Å². The molecule has 0 fully saturated rings. The molecule has 0 aliphatic carbocycles. The smallest absolute Gasteiger partial charge is 0.325 e. The highest BCUT2D eigenvalue weighted by molar-refractivity contribution is 5.86. The quantitative estimate of drug-likeness (QED) is 0.848. The molecule has 0 aromatic heterocycles. The van der Waals surface area contributed by atoms with Gasteiger partial charge in [0.25, 0.3) is 5.91 Å². The second kappa shape index (κ2) is 6.12. The van der Waals surface area contributed by atoms with Crippen molar-refractivity contribution in [3.63, 3.8) is 0 Å². The van der Waals surface area contributed by atoms with Crippen LogP contribution < -0.4 is 10.1 Å². The average molecular weight is 273 g/mol. The minimum atomic E-state index is -1.19. The highest BCUT2D eigenvalue weighted by atomic mass is 19.2. The predicted octanol–water partition coefficient (Wildman–Crippen LogP) is 1.32. The summed E-state index contributed by atoms with van der Waals surface area (Å²) in [6.45, 7) is 2.66. The van der Waals surface area contributed by atoms with Crippen LogP contribution in [-0.2, 0) is 9.59 Å². The standard InChI is InChI=1S/C12H13F2NO4/c1-6(12(17)18)15-11(16)7(2)19-8-3-4-9(13)10(14)5-8/h3-7H,1-2H3,(H,15,16)(H,17,18)/t6-,7?/m0/s1. The summed E-state index contributed by atoms with van der Waals surface area (Å²) in [6.07, 6.45) is -1.04. The Bertz CT molecular complexity index is 493. The minimum Gasteiger partial charge on any atom is -0.481 e.